The van der Waals surface area contributed by atoms with Crippen molar-refractivity contribution in [1.29, 1.82) is 0 Å². The predicted octanol–water partition coefficient (Wildman–Crippen LogP) is 5.03. The fourth-order valence-corrected chi connectivity index (χ4v) is 3.19. The molecule has 3 aromatic carbocycles. The summed E-state index contributed by atoms with van der Waals surface area (Å²) in [6, 6.07) is 14.3. The topological polar surface area (TPSA) is 129 Å². The number of esters is 1. The summed E-state index contributed by atoms with van der Waals surface area (Å²) in [7, 11) is 0. The number of ether oxygens (including phenoxy) is 3. The molecule has 0 aliphatic carbocycles. The van der Waals surface area contributed by atoms with Gasteiger partial charge in [-0.1, -0.05) is 11.6 Å². The van der Waals surface area contributed by atoms with Gasteiger partial charge < -0.3 is 14.2 Å². The summed E-state index contributed by atoms with van der Waals surface area (Å²) in [6.07, 6.45) is 1.27. The van der Waals surface area contributed by atoms with Crippen molar-refractivity contribution < 1.29 is 28.7 Å². The molecule has 0 saturated heterocycles. The number of hydrogen-bond donors (Lipinski definition) is 1. The SMILES string of the molecule is CCOc1ccc(C(=O)Oc2ccc(Cl)cc2/C=N/NC(=O)c2ccc([N+](=O)[O-])cc2)cc1OCC. The Bertz CT molecular complexity index is 1290. The number of benzene rings is 3. The minimum absolute atomic E-state index is 0.138. The van der Waals surface area contributed by atoms with Crippen LogP contribution in [0, 0.1) is 10.1 Å². The third-order valence-electron chi connectivity index (χ3n) is 4.66. The number of halogens is 1. The van der Waals surface area contributed by atoms with Crippen molar-refractivity contribution in [2.75, 3.05) is 13.2 Å². The zero-order valence-corrected chi connectivity index (χ0v) is 20.2. The smallest absolute Gasteiger partial charge is 0.343 e. The van der Waals surface area contributed by atoms with Gasteiger partial charge in [0.15, 0.2) is 11.5 Å². The number of rotatable bonds is 10. The first-order chi connectivity index (χ1) is 17.3. The van der Waals surface area contributed by atoms with Gasteiger partial charge in [-0.15, -0.1) is 0 Å². The van der Waals surface area contributed by atoms with Gasteiger partial charge in [0.2, 0.25) is 0 Å². The Labute approximate surface area is 211 Å². The molecule has 0 unspecified atom stereocenters. The molecule has 0 aromatic heterocycles. The van der Waals surface area contributed by atoms with E-state index in [2.05, 4.69) is 10.5 Å². The lowest BCUT2D eigenvalue weighted by molar-refractivity contribution is -0.384. The van der Waals surface area contributed by atoms with Crippen LogP contribution in [0.4, 0.5) is 5.69 Å². The lowest BCUT2D eigenvalue weighted by Gasteiger charge is -2.13. The third-order valence-corrected chi connectivity index (χ3v) is 4.90. The van der Waals surface area contributed by atoms with E-state index in [0.29, 0.717) is 35.3 Å². The highest BCUT2D eigenvalue weighted by Crippen LogP contribution is 2.29. The molecule has 0 atom stereocenters. The van der Waals surface area contributed by atoms with Crippen LogP contribution in [0.25, 0.3) is 0 Å². The van der Waals surface area contributed by atoms with E-state index in [1.54, 1.807) is 18.2 Å². The Morgan fingerprint density at radius 2 is 1.58 bits per heavy atom. The Balaban J connectivity index is 1.74. The van der Waals surface area contributed by atoms with E-state index in [0.717, 1.165) is 0 Å². The lowest BCUT2D eigenvalue weighted by atomic mass is 10.2. The Kier molecular flexibility index (Phi) is 8.95. The van der Waals surface area contributed by atoms with Crippen molar-refractivity contribution in [3.05, 3.63) is 92.5 Å². The molecule has 10 nitrogen and oxygen atoms in total. The summed E-state index contributed by atoms with van der Waals surface area (Å²) < 4.78 is 16.6. The molecule has 0 aliphatic rings. The van der Waals surface area contributed by atoms with Gasteiger partial charge in [0, 0.05) is 28.3 Å². The molecule has 0 saturated carbocycles. The number of amides is 1. The summed E-state index contributed by atoms with van der Waals surface area (Å²) in [5, 5.41) is 15.0. The van der Waals surface area contributed by atoms with Crippen molar-refractivity contribution in [1.82, 2.24) is 5.43 Å². The summed E-state index contributed by atoms with van der Waals surface area (Å²) in [6.45, 7) is 4.50. The van der Waals surface area contributed by atoms with Crippen LogP contribution < -0.4 is 19.6 Å². The molecule has 0 radical (unpaired) electrons. The largest absolute Gasteiger partial charge is 0.490 e. The van der Waals surface area contributed by atoms with E-state index in [9.17, 15) is 19.7 Å². The van der Waals surface area contributed by atoms with Gasteiger partial charge >= 0.3 is 5.97 Å². The van der Waals surface area contributed by atoms with E-state index >= 15 is 0 Å². The number of hydrazone groups is 1. The van der Waals surface area contributed by atoms with Crippen LogP contribution >= 0.6 is 11.6 Å². The first kappa shape index (κ1) is 26.2. The number of nitrogens with zero attached hydrogens (tertiary/aromatic N) is 2. The zero-order valence-electron chi connectivity index (χ0n) is 19.4. The van der Waals surface area contributed by atoms with E-state index < -0.39 is 16.8 Å². The van der Waals surface area contributed by atoms with Crippen molar-refractivity contribution in [2.45, 2.75) is 13.8 Å². The van der Waals surface area contributed by atoms with Crippen LogP contribution in [0.3, 0.4) is 0 Å². The Hall–Kier alpha value is -4.44. The number of nitrogens with one attached hydrogen (secondary N) is 1. The monoisotopic (exact) mass is 511 g/mol. The van der Waals surface area contributed by atoms with Crippen LogP contribution in [0.1, 0.15) is 40.1 Å². The maximum atomic E-state index is 12.8. The quantitative estimate of drug-likeness (QED) is 0.133. The van der Waals surface area contributed by atoms with Crippen molar-refractivity contribution in [3.63, 3.8) is 0 Å². The molecular weight excluding hydrogens is 490 g/mol. The van der Waals surface area contributed by atoms with E-state index in [-0.39, 0.29) is 22.6 Å². The van der Waals surface area contributed by atoms with Gasteiger partial charge in [-0.05, 0) is 62.4 Å². The van der Waals surface area contributed by atoms with Gasteiger partial charge in [0.25, 0.3) is 11.6 Å². The lowest BCUT2D eigenvalue weighted by Crippen LogP contribution is -2.17. The number of carbonyl (C=O) groups excluding carboxylic acids is 2. The van der Waals surface area contributed by atoms with E-state index in [1.807, 2.05) is 13.8 Å². The van der Waals surface area contributed by atoms with E-state index in [4.69, 9.17) is 25.8 Å². The Morgan fingerprint density at radius 3 is 2.25 bits per heavy atom. The van der Waals surface area contributed by atoms with Crippen molar-refractivity contribution in [3.8, 4) is 17.2 Å². The van der Waals surface area contributed by atoms with Crippen LogP contribution in [0.5, 0.6) is 17.2 Å². The second kappa shape index (κ2) is 12.3. The highest BCUT2D eigenvalue weighted by Gasteiger charge is 2.16. The van der Waals surface area contributed by atoms with Crippen molar-refractivity contribution >= 4 is 35.4 Å². The molecule has 0 fully saturated rings. The minimum Gasteiger partial charge on any atom is -0.490 e. The van der Waals surface area contributed by atoms with Crippen LogP contribution in [-0.2, 0) is 0 Å². The van der Waals surface area contributed by atoms with Gasteiger partial charge in [-0.25, -0.2) is 10.2 Å². The first-order valence-electron chi connectivity index (χ1n) is 10.8. The summed E-state index contributed by atoms with van der Waals surface area (Å²) in [5.41, 5.74) is 2.92. The normalized spacial score (nSPS) is 10.6. The number of hydrogen-bond acceptors (Lipinski definition) is 8. The molecule has 0 aliphatic heterocycles. The standard InChI is InChI=1S/C25H22ClN3O7/c1-3-34-22-11-7-17(14-23(22)35-4-2)25(31)36-21-12-8-19(26)13-18(21)15-27-28-24(30)16-5-9-20(10-6-16)29(32)33/h5-15H,3-4H2,1-2H3,(H,28,30)/b27-15+. The molecule has 186 valence electrons. The molecular formula is C25H22ClN3O7. The van der Waals surface area contributed by atoms with Gasteiger partial charge in [-0.3, -0.25) is 14.9 Å². The minimum atomic E-state index is -0.647. The second-order valence-electron chi connectivity index (χ2n) is 7.10. The Morgan fingerprint density at radius 1 is 0.944 bits per heavy atom. The predicted molar refractivity (Wildman–Crippen MR) is 133 cm³/mol. The average molecular weight is 512 g/mol. The molecule has 36 heavy (non-hydrogen) atoms. The molecule has 1 N–H and O–H groups in total. The molecule has 3 rings (SSSR count). The van der Waals surface area contributed by atoms with Crippen molar-refractivity contribution in [2.24, 2.45) is 5.10 Å². The maximum Gasteiger partial charge on any atom is 0.343 e. The first-order valence-corrected chi connectivity index (χ1v) is 11.2. The molecule has 0 spiro atoms. The van der Waals surface area contributed by atoms with Crippen LogP contribution in [-0.4, -0.2) is 36.2 Å². The van der Waals surface area contributed by atoms with E-state index in [1.165, 1.54) is 48.7 Å². The molecule has 0 heterocycles. The van der Waals surface area contributed by atoms with Gasteiger partial charge in [0.05, 0.1) is 29.9 Å². The highest BCUT2D eigenvalue weighted by molar-refractivity contribution is 6.31. The number of nitro benzene ring substituents is 1. The zero-order chi connectivity index (χ0) is 26.1. The second-order valence-corrected chi connectivity index (χ2v) is 7.54. The number of non-ortho nitro benzene ring substituents is 1. The maximum absolute atomic E-state index is 12.8. The summed E-state index contributed by atoms with van der Waals surface area (Å²) in [4.78, 5) is 35.3. The molecule has 11 heteroatoms. The number of carbonyl (C=O) groups is 2. The fourth-order valence-electron chi connectivity index (χ4n) is 3.01. The molecule has 0 bridgehead atoms. The highest BCUT2D eigenvalue weighted by atomic mass is 35.5. The van der Waals surface area contributed by atoms with Gasteiger partial charge in [-0.2, -0.15) is 5.10 Å². The number of nitro groups is 1. The third kappa shape index (κ3) is 6.80. The fraction of sp³-hybridized carbons (Fsp3) is 0.160. The van der Waals surface area contributed by atoms with Crippen LogP contribution in [0.2, 0.25) is 5.02 Å². The average Bonchev–Trinajstić information content (AvgIpc) is 2.86. The van der Waals surface area contributed by atoms with Crippen LogP contribution in [0.15, 0.2) is 65.8 Å². The summed E-state index contributed by atoms with van der Waals surface area (Å²) >= 11 is 6.08. The molecule has 1 amide bonds. The van der Waals surface area contributed by atoms with Gasteiger partial charge in [0.1, 0.15) is 5.75 Å². The summed E-state index contributed by atoms with van der Waals surface area (Å²) in [5.74, 6) is -0.144. The molecule has 3 aromatic rings.